The lowest BCUT2D eigenvalue weighted by molar-refractivity contribution is 0.140. The third-order valence-corrected chi connectivity index (χ3v) is 6.25. The fourth-order valence-electron chi connectivity index (χ4n) is 2.56. The first-order valence-electron chi connectivity index (χ1n) is 6.67. The normalized spacial score (nSPS) is 19.6. The van der Waals surface area contributed by atoms with Crippen molar-refractivity contribution in [3.05, 3.63) is 33.3 Å². The molecule has 118 valence electrons. The van der Waals surface area contributed by atoms with E-state index >= 15 is 0 Å². The molecule has 0 radical (unpaired) electrons. The van der Waals surface area contributed by atoms with Crippen LogP contribution in [0, 0.1) is 0 Å². The molecule has 8 heteroatoms. The molecule has 0 aromatic heterocycles. The summed E-state index contributed by atoms with van der Waals surface area (Å²) in [6.07, 6.45) is 1.25. The quantitative estimate of drug-likeness (QED) is 0.841. The lowest BCUT2D eigenvalue weighted by Crippen LogP contribution is -2.50. The van der Waals surface area contributed by atoms with Crippen molar-refractivity contribution in [2.75, 3.05) is 39.0 Å². The van der Waals surface area contributed by atoms with Crippen LogP contribution in [-0.2, 0) is 10.0 Å². The minimum absolute atomic E-state index is 0.0697. The Morgan fingerprint density at radius 1 is 1.33 bits per heavy atom. The summed E-state index contributed by atoms with van der Waals surface area (Å²) in [5, 5.41) is 0.663. The summed E-state index contributed by atoms with van der Waals surface area (Å²) in [6, 6.07) is 5.85. The first-order valence-corrected chi connectivity index (χ1v) is 9.69. The SMILES string of the molecule is CS(=O)(=O)N1CCN(C(CN)c2ccc(Cl)c(Br)c2)CC1. The van der Waals surface area contributed by atoms with Crippen LogP contribution < -0.4 is 5.73 Å². The summed E-state index contributed by atoms with van der Waals surface area (Å²) < 4.78 is 25.4. The van der Waals surface area contributed by atoms with Gasteiger partial charge in [0.25, 0.3) is 0 Å². The Hall–Kier alpha value is -0.180. The molecule has 21 heavy (non-hydrogen) atoms. The Balaban J connectivity index is 2.11. The van der Waals surface area contributed by atoms with Crippen LogP contribution >= 0.6 is 27.5 Å². The van der Waals surface area contributed by atoms with E-state index in [1.807, 2.05) is 18.2 Å². The predicted octanol–water partition coefficient (Wildman–Crippen LogP) is 1.68. The van der Waals surface area contributed by atoms with Gasteiger partial charge in [-0.25, -0.2) is 8.42 Å². The topological polar surface area (TPSA) is 66.6 Å². The van der Waals surface area contributed by atoms with E-state index in [1.54, 1.807) is 0 Å². The monoisotopic (exact) mass is 395 g/mol. The van der Waals surface area contributed by atoms with E-state index in [0.717, 1.165) is 10.0 Å². The number of halogens is 2. The van der Waals surface area contributed by atoms with Gasteiger partial charge in [0.15, 0.2) is 0 Å². The Morgan fingerprint density at radius 2 is 1.95 bits per heavy atom. The average molecular weight is 397 g/mol. The zero-order chi connectivity index (χ0) is 15.6. The minimum Gasteiger partial charge on any atom is -0.329 e. The highest BCUT2D eigenvalue weighted by Gasteiger charge is 2.28. The first-order chi connectivity index (χ1) is 9.82. The Morgan fingerprint density at radius 3 is 2.43 bits per heavy atom. The molecule has 1 unspecified atom stereocenters. The number of nitrogens with two attached hydrogens (primary N) is 1. The van der Waals surface area contributed by atoms with Crippen LogP contribution in [0.1, 0.15) is 11.6 Å². The number of sulfonamides is 1. The molecule has 1 aromatic rings. The zero-order valence-corrected chi connectivity index (χ0v) is 15.0. The maximum atomic E-state index is 11.5. The highest BCUT2D eigenvalue weighted by atomic mass is 79.9. The number of rotatable bonds is 4. The summed E-state index contributed by atoms with van der Waals surface area (Å²) in [6.45, 7) is 2.84. The Kier molecular flexibility index (Phi) is 5.67. The molecule has 2 rings (SSSR count). The lowest BCUT2D eigenvalue weighted by Gasteiger charge is -2.38. The van der Waals surface area contributed by atoms with Crippen molar-refractivity contribution in [3.63, 3.8) is 0 Å². The highest BCUT2D eigenvalue weighted by Crippen LogP contribution is 2.29. The predicted molar refractivity (Wildman–Crippen MR) is 88.9 cm³/mol. The van der Waals surface area contributed by atoms with Gasteiger partial charge in [-0.1, -0.05) is 17.7 Å². The van der Waals surface area contributed by atoms with Crippen molar-refractivity contribution >= 4 is 37.6 Å². The van der Waals surface area contributed by atoms with Gasteiger partial charge in [-0.15, -0.1) is 0 Å². The van der Waals surface area contributed by atoms with E-state index in [1.165, 1.54) is 10.6 Å². The van der Waals surface area contributed by atoms with Gasteiger partial charge >= 0.3 is 0 Å². The van der Waals surface area contributed by atoms with Gasteiger partial charge < -0.3 is 5.73 Å². The number of piperazine rings is 1. The molecule has 0 aliphatic carbocycles. The summed E-state index contributed by atoms with van der Waals surface area (Å²) in [5.41, 5.74) is 7.01. The molecule has 0 bridgehead atoms. The summed E-state index contributed by atoms with van der Waals surface area (Å²) >= 11 is 9.44. The van der Waals surface area contributed by atoms with Gasteiger partial charge in [0.2, 0.25) is 10.0 Å². The molecule has 1 fully saturated rings. The molecule has 1 heterocycles. The van der Waals surface area contributed by atoms with E-state index in [-0.39, 0.29) is 6.04 Å². The fraction of sp³-hybridized carbons (Fsp3) is 0.538. The molecule has 5 nitrogen and oxygen atoms in total. The minimum atomic E-state index is -3.11. The third kappa shape index (κ3) is 4.18. The van der Waals surface area contributed by atoms with Crippen LogP contribution in [0.2, 0.25) is 5.02 Å². The van der Waals surface area contributed by atoms with Crippen molar-refractivity contribution in [2.45, 2.75) is 6.04 Å². The van der Waals surface area contributed by atoms with Crippen LogP contribution in [0.3, 0.4) is 0 Å². The zero-order valence-electron chi connectivity index (χ0n) is 11.8. The van der Waals surface area contributed by atoms with Crippen molar-refractivity contribution in [3.8, 4) is 0 Å². The van der Waals surface area contributed by atoms with Gasteiger partial charge in [-0.05, 0) is 33.6 Å². The van der Waals surface area contributed by atoms with Gasteiger partial charge in [0.05, 0.1) is 11.3 Å². The highest BCUT2D eigenvalue weighted by molar-refractivity contribution is 9.10. The molecule has 0 saturated carbocycles. The fourth-order valence-corrected chi connectivity index (χ4v) is 3.90. The van der Waals surface area contributed by atoms with E-state index in [4.69, 9.17) is 17.3 Å². The van der Waals surface area contributed by atoms with Crippen molar-refractivity contribution < 1.29 is 8.42 Å². The average Bonchev–Trinajstić information content (AvgIpc) is 2.43. The summed E-state index contributed by atoms with van der Waals surface area (Å²) in [4.78, 5) is 2.22. The summed E-state index contributed by atoms with van der Waals surface area (Å²) in [5.74, 6) is 0. The summed E-state index contributed by atoms with van der Waals surface area (Å²) in [7, 11) is -3.11. The second-order valence-corrected chi connectivity index (χ2v) is 8.37. The number of nitrogens with zero attached hydrogens (tertiary/aromatic N) is 2. The Bertz CT molecular complexity index is 603. The molecule has 1 aliphatic heterocycles. The second kappa shape index (κ2) is 6.93. The molecule has 0 amide bonds. The Labute approximate surface area is 139 Å². The van der Waals surface area contributed by atoms with Crippen molar-refractivity contribution in [1.82, 2.24) is 9.21 Å². The van der Waals surface area contributed by atoms with Gasteiger partial charge in [-0.3, -0.25) is 4.90 Å². The maximum Gasteiger partial charge on any atom is 0.211 e. The van der Waals surface area contributed by atoms with Crippen molar-refractivity contribution in [1.29, 1.82) is 0 Å². The molecule has 1 saturated heterocycles. The standard InChI is InChI=1S/C13H19BrClN3O2S/c1-21(19,20)18-6-4-17(5-7-18)13(9-16)10-2-3-12(15)11(14)8-10/h2-3,8,13H,4-7,9,16H2,1H3. The molecule has 1 atom stereocenters. The van der Waals surface area contributed by atoms with Crippen LogP contribution in [0.4, 0.5) is 0 Å². The maximum absolute atomic E-state index is 11.5. The van der Waals surface area contributed by atoms with Gasteiger partial charge in [0, 0.05) is 43.2 Å². The van der Waals surface area contributed by atoms with Crippen LogP contribution in [0.15, 0.2) is 22.7 Å². The lowest BCUT2D eigenvalue weighted by atomic mass is 10.0. The van der Waals surface area contributed by atoms with Gasteiger partial charge in [-0.2, -0.15) is 4.31 Å². The van der Waals surface area contributed by atoms with Gasteiger partial charge in [0.1, 0.15) is 0 Å². The van der Waals surface area contributed by atoms with E-state index < -0.39 is 10.0 Å². The van der Waals surface area contributed by atoms with E-state index in [9.17, 15) is 8.42 Å². The first kappa shape index (κ1) is 17.2. The molecule has 0 spiro atoms. The molecule has 1 aromatic carbocycles. The number of hydrogen-bond acceptors (Lipinski definition) is 4. The van der Waals surface area contributed by atoms with E-state index in [2.05, 4.69) is 20.8 Å². The molecule has 2 N–H and O–H groups in total. The van der Waals surface area contributed by atoms with Crippen LogP contribution in [-0.4, -0.2) is 56.6 Å². The molecular weight excluding hydrogens is 378 g/mol. The third-order valence-electron chi connectivity index (χ3n) is 3.73. The molecule has 1 aliphatic rings. The number of benzene rings is 1. The molecular formula is C13H19BrClN3O2S. The second-order valence-electron chi connectivity index (χ2n) is 5.12. The number of hydrogen-bond donors (Lipinski definition) is 1. The van der Waals surface area contributed by atoms with E-state index in [0.29, 0.717) is 37.7 Å². The smallest absolute Gasteiger partial charge is 0.211 e. The van der Waals surface area contributed by atoms with Crippen LogP contribution in [0.25, 0.3) is 0 Å². The largest absolute Gasteiger partial charge is 0.329 e. The van der Waals surface area contributed by atoms with Crippen molar-refractivity contribution in [2.24, 2.45) is 5.73 Å². The van der Waals surface area contributed by atoms with Crippen LogP contribution in [0.5, 0.6) is 0 Å².